The van der Waals surface area contributed by atoms with Crippen LogP contribution in [0.1, 0.15) is 64.2 Å². The Labute approximate surface area is 124 Å². The quantitative estimate of drug-likeness (QED) is 0.735. The number of quaternary nitrogens is 2. The number of hydrogen-bond acceptors (Lipinski definition) is 0. The lowest BCUT2D eigenvalue weighted by Gasteiger charge is -2.38. The number of likely N-dealkylation sites (tertiary alicyclic amines) is 2. The Morgan fingerprint density at radius 3 is 1.95 bits per heavy atom. The maximum atomic E-state index is 2.02. The average Bonchev–Trinajstić information content (AvgIpc) is 3.02. The van der Waals surface area contributed by atoms with Gasteiger partial charge in [-0.2, -0.15) is 0 Å². The minimum Gasteiger partial charge on any atom is -0.332 e. The molecule has 2 aliphatic heterocycles. The number of hydrogen-bond donors (Lipinski definition) is 2. The van der Waals surface area contributed by atoms with Gasteiger partial charge in [-0.15, -0.1) is 0 Å². The summed E-state index contributed by atoms with van der Waals surface area (Å²) >= 11 is 0. The second-order valence-corrected chi connectivity index (χ2v) is 8.29. The van der Waals surface area contributed by atoms with Crippen molar-refractivity contribution in [3.63, 3.8) is 0 Å². The lowest BCUT2D eigenvalue weighted by molar-refractivity contribution is -0.969. The van der Waals surface area contributed by atoms with Crippen molar-refractivity contribution >= 4 is 0 Å². The zero-order valence-electron chi connectivity index (χ0n) is 13.2. The lowest BCUT2D eigenvalue weighted by atomic mass is 9.91. The highest BCUT2D eigenvalue weighted by molar-refractivity contribution is 4.90. The van der Waals surface area contributed by atoms with Gasteiger partial charge in [-0.25, -0.2) is 0 Å². The Morgan fingerprint density at radius 1 is 0.600 bits per heavy atom. The summed E-state index contributed by atoms with van der Waals surface area (Å²) in [5.74, 6) is 2.25. The summed E-state index contributed by atoms with van der Waals surface area (Å²) in [4.78, 5) is 4.00. The summed E-state index contributed by atoms with van der Waals surface area (Å²) in [7, 11) is 0. The van der Waals surface area contributed by atoms with Gasteiger partial charge in [0.1, 0.15) is 0 Å². The molecular weight excluding hydrogens is 244 g/mol. The molecule has 2 saturated heterocycles. The molecule has 2 saturated carbocycles. The second-order valence-electron chi connectivity index (χ2n) is 8.29. The van der Waals surface area contributed by atoms with E-state index in [0.717, 1.165) is 23.9 Å². The summed E-state index contributed by atoms with van der Waals surface area (Å²) in [5, 5.41) is 0. The van der Waals surface area contributed by atoms with Crippen LogP contribution in [0.15, 0.2) is 0 Å². The highest BCUT2D eigenvalue weighted by atomic mass is 15.2. The highest BCUT2D eigenvalue weighted by Crippen LogP contribution is 2.43. The van der Waals surface area contributed by atoms with Crippen LogP contribution < -0.4 is 9.80 Å². The van der Waals surface area contributed by atoms with Crippen LogP contribution in [0.3, 0.4) is 0 Å². The van der Waals surface area contributed by atoms with Crippen LogP contribution in [-0.4, -0.2) is 38.3 Å². The predicted octanol–water partition coefficient (Wildman–Crippen LogP) is 0.681. The largest absolute Gasteiger partial charge is 0.332 e. The van der Waals surface area contributed by atoms with Crippen LogP contribution in [0.25, 0.3) is 0 Å². The van der Waals surface area contributed by atoms with Crippen molar-refractivity contribution in [1.82, 2.24) is 0 Å². The molecule has 2 heterocycles. The molecule has 0 aromatic rings. The average molecular weight is 278 g/mol. The van der Waals surface area contributed by atoms with E-state index in [1.807, 2.05) is 9.80 Å². The molecule has 0 amide bonds. The fraction of sp³-hybridized carbons (Fsp3) is 1.00. The molecule has 114 valence electrons. The number of fused-ring (bicyclic) bond motifs is 2. The highest BCUT2D eigenvalue weighted by Gasteiger charge is 2.46. The zero-order chi connectivity index (χ0) is 13.4. The van der Waals surface area contributed by atoms with E-state index in [4.69, 9.17) is 0 Å². The number of piperidine rings is 1. The van der Waals surface area contributed by atoms with E-state index in [9.17, 15) is 0 Å². The van der Waals surface area contributed by atoms with E-state index < -0.39 is 0 Å². The summed E-state index contributed by atoms with van der Waals surface area (Å²) in [6, 6.07) is 2.10. The van der Waals surface area contributed by atoms with E-state index in [1.165, 1.54) is 64.7 Å². The summed E-state index contributed by atoms with van der Waals surface area (Å²) < 4.78 is 0. The Morgan fingerprint density at radius 2 is 1.35 bits per heavy atom. The van der Waals surface area contributed by atoms with Gasteiger partial charge in [-0.3, -0.25) is 0 Å². The molecule has 3 atom stereocenters. The van der Waals surface area contributed by atoms with Gasteiger partial charge < -0.3 is 9.80 Å². The first kappa shape index (κ1) is 13.6. The maximum absolute atomic E-state index is 2.02. The van der Waals surface area contributed by atoms with E-state index in [2.05, 4.69) is 0 Å². The Kier molecular flexibility index (Phi) is 4.05. The first-order chi connectivity index (χ1) is 9.90. The fourth-order valence-corrected chi connectivity index (χ4v) is 6.10. The van der Waals surface area contributed by atoms with E-state index >= 15 is 0 Å². The summed E-state index contributed by atoms with van der Waals surface area (Å²) in [5.41, 5.74) is 0. The van der Waals surface area contributed by atoms with Crippen molar-refractivity contribution in [2.75, 3.05) is 26.2 Å². The SMILES string of the molecule is C1CCC[NH+](C2CC[NH+]([C@H]3C[C@@H]4CC[C@H]3C4)CC2)CC1. The molecule has 2 N–H and O–H groups in total. The fourth-order valence-electron chi connectivity index (χ4n) is 6.10. The van der Waals surface area contributed by atoms with Gasteiger partial charge in [0.2, 0.25) is 0 Å². The van der Waals surface area contributed by atoms with Gasteiger partial charge in [0.25, 0.3) is 0 Å². The van der Waals surface area contributed by atoms with Gasteiger partial charge in [-0.1, -0.05) is 0 Å². The van der Waals surface area contributed by atoms with Gasteiger partial charge in [-0.05, 0) is 50.9 Å². The topological polar surface area (TPSA) is 8.88 Å². The molecule has 4 aliphatic rings. The molecule has 0 spiro atoms. The second kappa shape index (κ2) is 5.96. The van der Waals surface area contributed by atoms with Crippen LogP contribution in [0.2, 0.25) is 0 Å². The molecule has 0 unspecified atom stereocenters. The first-order valence-corrected chi connectivity index (χ1v) is 9.59. The van der Waals surface area contributed by atoms with Crippen LogP contribution in [0.5, 0.6) is 0 Å². The molecule has 0 radical (unpaired) electrons. The van der Waals surface area contributed by atoms with Crippen molar-refractivity contribution in [3.8, 4) is 0 Å². The van der Waals surface area contributed by atoms with Crippen molar-refractivity contribution in [3.05, 3.63) is 0 Å². The summed E-state index contributed by atoms with van der Waals surface area (Å²) in [6.45, 7) is 5.96. The van der Waals surface area contributed by atoms with Crippen molar-refractivity contribution < 1.29 is 9.80 Å². The van der Waals surface area contributed by atoms with Crippen LogP contribution in [-0.2, 0) is 0 Å². The molecule has 4 rings (SSSR count). The maximum Gasteiger partial charge on any atom is 0.0983 e. The van der Waals surface area contributed by atoms with Crippen LogP contribution >= 0.6 is 0 Å². The standard InChI is InChI=1S/C18H32N2/c1-2-4-10-19(9-3-1)17-7-11-20(12-8-17)18-14-15-5-6-16(18)13-15/h15-18H,1-14H2/p+2/t15-,16+,18+/m1/s1. The monoisotopic (exact) mass is 278 g/mol. The number of rotatable bonds is 2. The smallest absolute Gasteiger partial charge is 0.0983 e. The van der Waals surface area contributed by atoms with Gasteiger partial charge in [0, 0.05) is 25.2 Å². The van der Waals surface area contributed by atoms with Crippen molar-refractivity contribution in [2.24, 2.45) is 11.8 Å². The third kappa shape index (κ3) is 2.66. The normalized spacial score (nSPS) is 46.5. The van der Waals surface area contributed by atoms with Crippen LogP contribution in [0, 0.1) is 11.8 Å². The number of nitrogens with one attached hydrogen (secondary N) is 2. The minimum absolute atomic E-state index is 1.02. The molecule has 0 aromatic heterocycles. The van der Waals surface area contributed by atoms with Crippen molar-refractivity contribution in [1.29, 1.82) is 0 Å². The Bertz CT molecular complexity index is 313. The molecule has 2 bridgehead atoms. The molecule has 2 heteroatoms. The van der Waals surface area contributed by atoms with Gasteiger partial charge in [0.15, 0.2) is 0 Å². The first-order valence-electron chi connectivity index (χ1n) is 9.59. The minimum atomic E-state index is 1.02. The molecule has 0 aromatic carbocycles. The predicted molar refractivity (Wildman–Crippen MR) is 82.1 cm³/mol. The zero-order valence-corrected chi connectivity index (χ0v) is 13.2. The molecule has 2 aliphatic carbocycles. The van der Waals surface area contributed by atoms with E-state index in [-0.39, 0.29) is 0 Å². The van der Waals surface area contributed by atoms with Crippen LogP contribution in [0.4, 0.5) is 0 Å². The molecule has 2 nitrogen and oxygen atoms in total. The summed E-state index contributed by atoms with van der Waals surface area (Å²) in [6.07, 6.45) is 15.4. The van der Waals surface area contributed by atoms with Gasteiger partial charge in [0.05, 0.1) is 38.3 Å². The molecule has 20 heavy (non-hydrogen) atoms. The van der Waals surface area contributed by atoms with Crippen molar-refractivity contribution in [2.45, 2.75) is 76.3 Å². The third-order valence-electron chi connectivity index (χ3n) is 7.21. The Balaban J connectivity index is 1.29. The van der Waals surface area contributed by atoms with E-state index in [1.54, 1.807) is 25.7 Å². The lowest BCUT2D eigenvalue weighted by Crippen LogP contribution is -3.22. The third-order valence-corrected chi connectivity index (χ3v) is 7.21. The molecular formula is C18H34N2+2. The Hall–Kier alpha value is -0.0800. The van der Waals surface area contributed by atoms with Gasteiger partial charge >= 0.3 is 0 Å². The van der Waals surface area contributed by atoms with E-state index in [0.29, 0.717) is 0 Å². The molecule has 4 fully saturated rings.